The van der Waals surface area contributed by atoms with Crippen LogP contribution >= 0.6 is 0 Å². The summed E-state index contributed by atoms with van der Waals surface area (Å²) in [5.74, 6) is 5.40. The second-order valence-corrected chi connectivity index (χ2v) is 4.20. The average molecular weight is 236 g/mol. The Balaban J connectivity index is 2.12. The molecule has 0 aromatic rings. The Bertz CT molecular complexity index is 322. The minimum absolute atomic E-state index is 0.255. The van der Waals surface area contributed by atoms with E-state index in [1.54, 1.807) is 6.92 Å². The van der Waals surface area contributed by atoms with Crippen molar-refractivity contribution in [2.75, 3.05) is 6.61 Å². The molecule has 2 unspecified atom stereocenters. The van der Waals surface area contributed by atoms with E-state index >= 15 is 0 Å². The number of esters is 1. The zero-order valence-corrected chi connectivity index (χ0v) is 10.3. The summed E-state index contributed by atoms with van der Waals surface area (Å²) in [7, 11) is 0. The molecule has 3 heteroatoms. The molecule has 0 fully saturated rings. The molecule has 1 N–H and O–H groups in total. The number of aliphatic hydroxyl groups excluding tert-OH is 1. The minimum Gasteiger partial charge on any atom is -0.456 e. The van der Waals surface area contributed by atoms with Crippen LogP contribution in [0.3, 0.4) is 0 Å². The molecule has 0 aromatic heterocycles. The Kier molecular flexibility index (Phi) is 6.42. The van der Waals surface area contributed by atoms with Crippen molar-refractivity contribution < 1.29 is 14.6 Å². The molecule has 1 aliphatic rings. The maximum atomic E-state index is 10.9. The first kappa shape index (κ1) is 13.8. The molecule has 1 aliphatic carbocycles. The van der Waals surface area contributed by atoms with Crippen molar-refractivity contribution in [1.29, 1.82) is 0 Å². The van der Waals surface area contributed by atoms with Gasteiger partial charge < -0.3 is 9.84 Å². The summed E-state index contributed by atoms with van der Waals surface area (Å²) in [6.45, 7) is 2.14. The van der Waals surface area contributed by atoms with E-state index in [1.165, 1.54) is 0 Å². The van der Waals surface area contributed by atoms with E-state index in [9.17, 15) is 9.90 Å². The molecule has 17 heavy (non-hydrogen) atoms. The van der Waals surface area contributed by atoms with Crippen molar-refractivity contribution in [3.05, 3.63) is 12.2 Å². The van der Waals surface area contributed by atoms with E-state index in [0.717, 1.165) is 32.1 Å². The molecular weight excluding hydrogens is 216 g/mol. The third-order valence-electron chi connectivity index (χ3n) is 2.78. The predicted molar refractivity (Wildman–Crippen MR) is 66.1 cm³/mol. The van der Waals surface area contributed by atoms with Gasteiger partial charge in [-0.05, 0) is 38.5 Å². The Morgan fingerprint density at radius 1 is 1.47 bits per heavy atom. The number of ether oxygens (including phenoxy) is 1. The van der Waals surface area contributed by atoms with Gasteiger partial charge in [0, 0.05) is 12.3 Å². The maximum absolute atomic E-state index is 10.9. The summed E-state index contributed by atoms with van der Waals surface area (Å²) in [5, 5.41) is 9.29. The third-order valence-corrected chi connectivity index (χ3v) is 2.78. The number of hydrogen-bond donors (Lipinski definition) is 1. The summed E-state index contributed by atoms with van der Waals surface area (Å²) in [6.07, 6.45) is 8.39. The van der Waals surface area contributed by atoms with Gasteiger partial charge in [0.2, 0.25) is 0 Å². The first-order valence-electron chi connectivity index (χ1n) is 6.24. The molecule has 2 atom stereocenters. The minimum atomic E-state index is -0.437. The highest BCUT2D eigenvalue weighted by molar-refractivity contribution is 5.88. The molecule has 0 heterocycles. The molecule has 0 saturated heterocycles. The zero-order chi connectivity index (χ0) is 12.5. The smallest absolute Gasteiger partial charge is 0.384 e. The summed E-state index contributed by atoms with van der Waals surface area (Å²) in [5.41, 5.74) is 0. The van der Waals surface area contributed by atoms with Gasteiger partial charge in [-0.15, -0.1) is 0 Å². The molecule has 0 saturated carbocycles. The fourth-order valence-corrected chi connectivity index (χ4v) is 1.86. The Labute approximate surface area is 103 Å². The molecular formula is C14H20O3. The number of rotatable bonds is 4. The van der Waals surface area contributed by atoms with Gasteiger partial charge in [0.15, 0.2) is 0 Å². The van der Waals surface area contributed by atoms with Crippen molar-refractivity contribution in [2.45, 2.75) is 45.1 Å². The van der Waals surface area contributed by atoms with Crippen molar-refractivity contribution >= 4 is 5.97 Å². The normalized spacial score (nSPS) is 22.7. The van der Waals surface area contributed by atoms with E-state index in [-0.39, 0.29) is 6.10 Å². The molecule has 94 valence electrons. The molecule has 3 nitrogen and oxygen atoms in total. The van der Waals surface area contributed by atoms with E-state index in [0.29, 0.717) is 12.5 Å². The van der Waals surface area contributed by atoms with Crippen LogP contribution in [0, 0.1) is 17.8 Å². The largest absolute Gasteiger partial charge is 0.456 e. The van der Waals surface area contributed by atoms with Crippen LogP contribution in [0.25, 0.3) is 0 Å². The van der Waals surface area contributed by atoms with E-state index in [1.807, 2.05) is 6.08 Å². The van der Waals surface area contributed by atoms with Crippen LogP contribution in [0.15, 0.2) is 12.2 Å². The molecule has 0 bridgehead atoms. The lowest BCUT2D eigenvalue weighted by molar-refractivity contribution is -0.136. The van der Waals surface area contributed by atoms with Crippen LogP contribution in [0.5, 0.6) is 0 Å². The van der Waals surface area contributed by atoms with Crippen LogP contribution in [0.2, 0.25) is 0 Å². The number of carbonyl (C=O) groups is 1. The second kappa shape index (κ2) is 7.92. The topological polar surface area (TPSA) is 46.5 Å². The van der Waals surface area contributed by atoms with E-state index in [4.69, 9.17) is 4.74 Å². The van der Waals surface area contributed by atoms with Crippen LogP contribution in [-0.2, 0) is 9.53 Å². The second-order valence-electron chi connectivity index (χ2n) is 4.20. The number of aliphatic hydroxyl groups is 1. The standard InChI is InChI=1S/C14H20O3/c1-2-17-14(16)7-5-3-4-6-12-8-10-13(15)11-9-12/h8,10,12-13,15H,2-4,6,9,11H2,1H3. The summed E-state index contributed by atoms with van der Waals surface area (Å²) < 4.78 is 4.70. The number of carbonyl (C=O) groups excluding carboxylic acids is 1. The first-order valence-corrected chi connectivity index (χ1v) is 6.24. The summed E-state index contributed by atoms with van der Waals surface area (Å²) >= 11 is 0. The highest BCUT2D eigenvalue weighted by Gasteiger charge is 2.12. The van der Waals surface area contributed by atoms with Gasteiger partial charge in [-0.2, -0.15) is 0 Å². The highest BCUT2D eigenvalue weighted by Crippen LogP contribution is 2.22. The average Bonchev–Trinajstić information content (AvgIpc) is 2.31. The third kappa shape index (κ3) is 6.13. The fourth-order valence-electron chi connectivity index (χ4n) is 1.86. The monoisotopic (exact) mass is 236 g/mol. The van der Waals surface area contributed by atoms with Crippen molar-refractivity contribution in [1.82, 2.24) is 0 Å². The molecule has 0 radical (unpaired) electrons. The van der Waals surface area contributed by atoms with Crippen molar-refractivity contribution in [3.8, 4) is 11.8 Å². The van der Waals surface area contributed by atoms with Crippen molar-refractivity contribution in [3.63, 3.8) is 0 Å². The zero-order valence-electron chi connectivity index (χ0n) is 10.3. The van der Waals surface area contributed by atoms with Gasteiger partial charge in [-0.3, -0.25) is 0 Å². The molecule has 1 rings (SSSR count). The van der Waals surface area contributed by atoms with Crippen LogP contribution in [0.1, 0.15) is 39.0 Å². The number of allylic oxidation sites excluding steroid dienone is 1. The van der Waals surface area contributed by atoms with Crippen molar-refractivity contribution in [2.24, 2.45) is 5.92 Å². The number of hydrogen-bond acceptors (Lipinski definition) is 3. The maximum Gasteiger partial charge on any atom is 0.384 e. The Morgan fingerprint density at radius 3 is 2.94 bits per heavy atom. The Morgan fingerprint density at radius 2 is 2.29 bits per heavy atom. The van der Waals surface area contributed by atoms with Gasteiger partial charge in [-0.25, -0.2) is 4.79 Å². The summed E-state index contributed by atoms with van der Waals surface area (Å²) in [6, 6.07) is 0. The predicted octanol–water partition coefficient (Wildman–Crippen LogP) is 2.05. The SMILES string of the molecule is CCOC(=O)C#CCCCC1C=CC(O)CC1. The van der Waals surface area contributed by atoms with Gasteiger partial charge >= 0.3 is 5.97 Å². The van der Waals surface area contributed by atoms with Crippen LogP contribution in [0.4, 0.5) is 0 Å². The molecule has 0 amide bonds. The molecule has 0 spiro atoms. The quantitative estimate of drug-likeness (QED) is 0.267. The number of unbranched alkanes of at least 4 members (excludes halogenated alkanes) is 1. The van der Waals surface area contributed by atoms with Crippen LogP contribution in [-0.4, -0.2) is 23.8 Å². The van der Waals surface area contributed by atoms with Gasteiger partial charge in [0.25, 0.3) is 0 Å². The fraction of sp³-hybridized carbons (Fsp3) is 0.643. The Hall–Kier alpha value is -1.27. The highest BCUT2D eigenvalue weighted by atomic mass is 16.5. The lowest BCUT2D eigenvalue weighted by atomic mass is 9.90. The lowest BCUT2D eigenvalue weighted by Crippen LogP contribution is -2.12. The summed E-state index contributed by atoms with van der Waals surface area (Å²) in [4.78, 5) is 10.9. The first-order chi connectivity index (χ1) is 8.22. The van der Waals surface area contributed by atoms with Gasteiger partial charge in [-0.1, -0.05) is 18.1 Å². The van der Waals surface area contributed by atoms with Gasteiger partial charge in [0.05, 0.1) is 12.7 Å². The molecule has 0 aromatic carbocycles. The van der Waals surface area contributed by atoms with E-state index in [2.05, 4.69) is 17.9 Å². The van der Waals surface area contributed by atoms with Crippen LogP contribution < -0.4 is 0 Å². The van der Waals surface area contributed by atoms with Gasteiger partial charge in [0.1, 0.15) is 0 Å². The lowest BCUT2D eigenvalue weighted by Gasteiger charge is -2.18. The van der Waals surface area contributed by atoms with E-state index < -0.39 is 5.97 Å². The molecule has 0 aliphatic heterocycles.